The first kappa shape index (κ1) is 57.9. The van der Waals surface area contributed by atoms with E-state index in [1.807, 2.05) is 0 Å². The first-order valence-corrected chi connectivity index (χ1v) is 26.5. The minimum absolute atomic E-state index is 0.0733. The summed E-state index contributed by atoms with van der Waals surface area (Å²) < 4.78 is 12.1. The van der Waals surface area contributed by atoms with E-state index in [0.717, 1.165) is 154 Å². The van der Waals surface area contributed by atoms with Crippen LogP contribution in [0.1, 0.15) is 279 Å². The van der Waals surface area contributed by atoms with E-state index in [9.17, 15) is 14.7 Å². The van der Waals surface area contributed by atoms with Gasteiger partial charge in [0, 0.05) is 6.61 Å². The number of carbonyl (C=O) groups excluding carboxylic acids is 2. The molecule has 2 unspecified atom stereocenters. The van der Waals surface area contributed by atoms with Gasteiger partial charge in [-0.3, -0.25) is 9.59 Å². The van der Waals surface area contributed by atoms with Crippen LogP contribution in [0.3, 0.4) is 0 Å². The zero-order chi connectivity index (χ0) is 43.6. The van der Waals surface area contributed by atoms with E-state index in [2.05, 4.69) is 46.4 Å². The Hall–Kier alpha value is -1.14. The number of unbranched alkanes of at least 4 members (excludes halogenated alkanes) is 23. The number of hydrogen-bond acceptors (Lipinski definition) is 6. The summed E-state index contributed by atoms with van der Waals surface area (Å²) in [5, 5.41) is 9.40. The Balaban J connectivity index is 4.74. The van der Waals surface area contributed by atoms with E-state index in [0.29, 0.717) is 13.2 Å². The smallest absolute Gasteiger partial charge is 0.312 e. The molecular weight excluding hydrogens is 731 g/mol. The molecule has 6 nitrogen and oxygen atoms in total. The van der Waals surface area contributed by atoms with Gasteiger partial charge in [0.05, 0.1) is 24.0 Å². The average Bonchev–Trinajstić information content (AvgIpc) is 3.24. The van der Waals surface area contributed by atoms with Crippen LogP contribution in [0.25, 0.3) is 0 Å². The zero-order valence-electron chi connectivity index (χ0n) is 40.9. The molecular formula is C53H105NO5. The second-order valence-electron chi connectivity index (χ2n) is 18.7. The summed E-state index contributed by atoms with van der Waals surface area (Å²) in [6.45, 7) is 18.1. The summed E-state index contributed by atoms with van der Waals surface area (Å²) in [6.07, 6.45) is 42.3. The third-order valence-electron chi connectivity index (χ3n) is 13.4. The van der Waals surface area contributed by atoms with Crippen molar-refractivity contribution in [2.24, 2.45) is 10.8 Å². The van der Waals surface area contributed by atoms with E-state index < -0.39 is 0 Å². The number of carbonyl (C=O) groups is 2. The fourth-order valence-electron chi connectivity index (χ4n) is 9.26. The van der Waals surface area contributed by atoms with Gasteiger partial charge in [-0.15, -0.1) is 0 Å². The highest BCUT2D eigenvalue weighted by molar-refractivity contribution is 5.77. The SMILES string of the molecule is CCCCCCCCC(CC)(CCCCCC)C(=O)OCCCCCCN(CCCCO)CCCCCCOC(=O)C(CCC)(CCCCCC)CCCCCCCC. The molecule has 59 heavy (non-hydrogen) atoms. The van der Waals surface area contributed by atoms with E-state index in [1.165, 1.54) is 103 Å². The standard InChI is InChI=1S/C53H105NO5/c1-7-13-17-21-23-31-41-52(12-6,40-29-19-15-9-3)50(56)58-48-37-27-25-33-44-54(46-35-36-47-55)45-34-26-28-38-49-59-51(57)53(39-11-5,42-30-20-16-10-4)43-32-24-22-18-14-8-2/h55H,7-49H2,1-6H3. The van der Waals surface area contributed by atoms with Crippen molar-refractivity contribution in [3.63, 3.8) is 0 Å². The van der Waals surface area contributed by atoms with E-state index >= 15 is 0 Å². The molecule has 0 spiro atoms. The monoisotopic (exact) mass is 836 g/mol. The van der Waals surface area contributed by atoms with Crippen LogP contribution < -0.4 is 0 Å². The van der Waals surface area contributed by atoms with Crippen LogP contribution in [-0.2, 0) is 19.1 Å². The molecule has 0 aromatic rings. The van der Waals surface area contributed by atoms with Crippen LogP contribution in [-0.4, -0.2) is 61.4 Å². The average molecular weight is 836 g/mol. The molecule has 352 valence electrons. The normalized spacial score (nSPS) is 13.8. The first-order chi connectivity index (χ1) is 28.8. The number of aliphatic hydroxyl groups excluding tert-OH is 1. The van der Waals surface area contributed by atoms with Crippen molar-refractivity contribution >= 4 is 11.9 Å². The summed E-state index contributed by atoms with van der Waals surface area (Å²) in [6, 6.07) is 0. The molecule has 6 heteroatoms. The van der Waals surface area contributed by atoms with Crippen molar-refractivity contribution in [2.75, 3.05) is 39.5 Å². The van der Waals surface area contributed by atoms with E-state index in [1.54, 1.807) is 0 Å². The van der Waals surface area contributed by atoms with Gasteiger partial charge >= 0.3 is 11.9 Å². The maximum atomic E-state index is 13.7. The Morgan fingerprint density at radius 1 is 0.373 bits per heavy atom. The lowest BCUT2D eigenvalue weighted by Crippen LogP contribution is -2.33. The first-order valence-electron chi connectivity index (χ1n) is 26.5. The zero-order valence-corrected chi connectivity index (χ0v) is 40.9. The van der Waals surface area contributed by atoms with Crippen molar-refractivity contribution in [1.29, 1.82) is 0 Å². The number of ether oxygens (including phenoxy) is 2. The second-order valence-corrected chi connectivity index (χ2v) is 18.7. The fraction of sp³-hybridized carbons (Fsp3) is 0.962. The van der Waals surface area contributed by atoms with Gasteiger partial charge in [0.25, 0.3) is 0 Å². The lowest BCUT2D eigenvalue weighted by atomic mass is 9.74. The van der Waals surface area contributed by atoms with Crippen molar-refractivity contribution in [2.45, 2.75) is 279 Å². The van der Waals surface area contributed by atoms with Crippen molar-refractivity contribution in [1.82, 2.24) is 4.90 Å². The van der Waals surface area contributed by atoms with E-state index in [4.69, 9.17) is 9.47 Å². The van der Waals surface area contributed by atoms with Gasteiger partial charge in [0.15, 0.2) is 0 Å². The van der Waals surface area contributed by atoms with Crippen LogP contribution in [0.15, 0.2) is 0 Å². The van der Waals surface area contributed by atoms with Gasteiger partial charge in [-0.05, 0) is 96.7 Å². The number of esters is 2. The maximum absolute atomic E-state index is 13.7. The Morgan fingerprint density at radius 2 is 0.695 bits per heavy atom. The lowest BCUT2D eigenvalue weighted by Gasteiger charge is -2.32. The molecule has 2 atom stereocenters. The van der Waals surface area contributed by atoms with Crippen LogP contribution in [0.4, 0.5) is 0 Å². The van der Waals surface area contributed by atoms with Crippen molar-refractivity contribution < 1.29 is 24.2 Å². The van der Waals surface area contributed by atoms with Crippen LogP contribution in [0, 0.1) is 10.8 Å². The molecule has 0 saturated carbocycles. The molecule has 0 fully saturated rings. The van der Waals surface area contributed by atoms with Crippen LogP contribution in [0.5, 0.6) is 0 Å². The second kappa shape index (κ2) is 42.2. The summed E-state index contributed by atoms with van der Waals surface area (Å²) in [4.78, 5) is 29.9. The fourth-order valence-corrected chi connectivity index (χ4v) is 9.26. The minimum atomic E-state index is -0.293. The van der Waals surface area contributed by atoms with Gasteiger partial charge in [-0.25, -0.2) is 0 Å². The number of nitrogens with zero attached hydrogens (tertiary/aromatic N) is 1. The summed E-state index contributed by atoms with van der Waals surface area (Å²) in [7, 11) is 0. The van der Waals surface area contributed by atoms with Crippen LogP contribution in [0.2, 0.25) is 0 Å². The van der Waals surface area contributed by atoms with E-state index in [-0.39, 0.29) is 29.4 Å². The van der Waals surface area contributed by atoms with Gasteiger partial charge in [0.1, 0.15) is 0 Å². The molecule has 0 aliphatic heterocycles. The lowest BCUT2D eigenvalue weighted by molar-refractivity contribution is -0.158. The predicted molar refractivity (Wildman–Crippen MR) is 255 cm³/mol. The Kier molecular flexibility index (Phi) is 41.4. The molecule has 0 radical (unpaired) electrons. The molecule has 0 saturated heterocycles. The van der Waals surface area contributed by atoms with Crippen molar-refractivity contribution in [3.05, 3.63) is 0 Å². The molecule has 0 aromatic heterocycles. The molecule has 0 rings (SSSR count). The molecule has 1 N–H and O–H groups in total. The Bertz CT molecular complexity index is 912. The number of aliphatic hydroxyl groups is 1. The highest BCUT2D eigenvalue weighted by atomic mass is 16.5. The Labute approximate surface area is 369 Å². The third kappa shape index (κ3) is 30.5. The maximum Gasteiger partial charge on any atom is 0.312 e. The topological polar surface area (TPSA) is 76.1 Å². The minimum Gasteiger partial charge on any atom is -0.465 e. The molecule has 0 aliphatic rings. The number of rotatable bonds is 47. The largest absolute Gasteiger partial charge is 0.465 e. The summed E-state index contributed by atoms with van der Waals surface area (Å²) in [5.74, 6) is 0.164. The van der Waals surface area contributed by atoms with Gasteiger partial charge in [0.2, 0.25) is 0 Å². The highest BCUT2D eigenvalue weighted by Crippen LogP contribution is 2.39. The number of hydrogen-bond donors (Lipinski definition) is 1. The van der Waals surface area contributed by atoms with Gasteiger partial charge < -0.3 is 19.5 Å². The third-order valence-corrected chi connectivity index (χ3v) is 13.4. The summed E-state index contributed by atoms with van der Waals surface area (Å²) >= 11 is 0. The van der Waals surface area contributed by atoms with Crippen molar-refractivity contribution in [3.8, 4) is 0 Å². The van der Waals surface area contributed by atoms with Gasteiger partial charge in [-0.1, -0.05) is 202 Å². The highest BCUT2D eigenvalue weighted by Gasteiger charge is 2.38. The summed E-state index contributed by atoms with van der Waals surface area (Å²) in [5.41, 5.74) is -0.576. The molecule has 0 aliphatic carbocycles. The van der Waals surface area contributed by atoms with Crippen LogP contribution >= 0.6 is 0 Å². The van der Waals surface area contributed by atoms with Gasteiger partial charge in [-0.2, -0.15) is 0 Å². The molecule has 0 bridgehead atoms. The molecule has 0 aromatic carbocycles. The quantitative estimate of drug-likeness (QED) is 0.0486. The predicted octanol–water partition coefficient (Wildman–Crippen LogP) is 15.9. The Morgan fingerprint density at radius 3 is 1.08 bits per heavy atom. The molecule has 0 heterocycles. The molecule has 0 amide bonds.